The highest BCUT2D eigenvalue weighted by Crippen LogP contribution is 2.13. The molecule has 0 spiro atoms. The molecule has 2 rings (SSSR count). The summed E-state index contributed by atoms with van der Waals surface area (Å²) in [5.74, 6) is 0.694. The first-order chi connectivity index (χ1) is 8.63. The molecule has 6 heteroatoms. The zero-order chi connectivity index (χ0) is 13.0. The van der Waals surface area contributed by atoms with E-state index in [0.29, 0.717) is 12.3 Å². The molecule has 1 amide bonds. The van der Waals surface area contributed by atoms with Crippen molar-refractivity contribution in [2.75, 3.05) is 32.4 Å². The van der Waals surface area contributed by atoms with Crippen molar-refractivity contribution in [3.8, 4) is 0 Å². The SMILES string of the molecule is CN1CCC(CNC(=O)Cc2ccc(N)cc2)C1.Cl.Cl. The van der Waals surface area contributed by atoms with Crippen LogP contribution in [-0.4, -0.2) is 37.5 Å². The minimum absolute atomic E-state index is 0. The fourth-order valence-corrected chi connectivity index (χ4v) is 2.33. The second-order valence-corrected chi connectivity index (χ2v) is 5.14. The van der Waals surface area contributed by atoms with Crippen molar-refractivity contribution in [2.24, 2.45) is 5.92 Å². The summed E-state index contributed by atoms with van der Waals surface area (Å²) in [5, 5.41) is 3.01. The Hall–Kier alpha value is -0.970. The van der Waals surface area contributed by atoms with Gasteiger partial charge in [0.05, 0.1) is 6.42 Å². The van der Waals surface area contributed by atoms with Gasteiger partial charge in [0.2, 0.25) is 5.91 Å². The van der Waals surface area contributed by atoms with E-state index in [1.807, 2.05) is 24.3 Å². The lowest BCUT2D eigenvalue weighted by atomic mass is 10.1. The summed E-state index contributed by atoms with van der Waals surface area (Å²) in [4.78, 5) is 14.1. The highest BCUT2D eigenvalue weighted by atomic mass is 35.5. The number of anilines is 1. The third kappa shape index (κ3) is 5.99. The molecule has 1 unspecified atom stereocenters. The summed E-state index contributed by atoms with van der Waals surface area (Å²) < 4.78 is 0. The second kappa shape index (κ2) is 9.06. The average molecular weight is 320 g/mol. The van der Waals surface area contributed by atoms with Crippen LogP contribution in [0, 0.1) is 5.92 Å². The van der Waals surface area contributed by atoms with E-state index in [4.69, 9.17) is 5.73 Å². The molecule has 1 aromatic rings. The molecular formula is C14H23Cl2N3O. The number of nitrogens with one attached hydrogen (secondary N) is 1. The maximum atomic E-state index is 11.8. The number of carbonyl (C=O) groups excluding carboxylic acids is 1. The lowest BCUT2D eigenvalue weighted by molar-refractivity contribution is -0.120. The highest BCUT2D eigenvalue weighted by Gasteiger charge is 2.19. The molecule has 1 heterocycles. The van der Waals surface area contributed by atoms with Crippen molar-refractivity contribution in [3.05, 3.63) is 29.8 Å². The van der Waals surface area contributed by atoms with E-state index in [9.17, 15) is 4.79 Å². The predicted octanol–water partition coefficient (Wildman–Crippen LogP) is 1.72. The summed E-state index contributed by atoms with van der Waals surface area (Å²) in [6.45, 7) is 3.01. The van der Waals surface area contributed by atoms with E-state index in [1.54, 1.807) is 0 Å². The number of nitrogens with zero attached hydrogens (tertiary/aromatic N) is 1. The molecule has 3 N–H and O–H groups in total. The third-order valence-electron chi connectivity index (χ3n) is 3.42. The number of hydrogen-bond donors (Lipinski definition) is 2. The van der Waals surface area contributed by atoms with Crippen molar-refractivity contribution < 1.29 is 4.79 Å². The Morgan fingerprint density at radius 3 is 2.55 bits per heavy atom. The molecule has 1 saturated heterocycles. The average Bonchev–Trinajstić information content (AvgIpc) is 2.76. The summed E-state index contributed by atoms with van der Waals surface area (Å²) in [6, 6.07) is 7.46. The van der Waals surface area contributed by atoms with Crippen LogP contribution in [0.5, 0.6) is 0 Å². The molecule has 0 aliphatic carbocycles. The lowest BCUT2D eigenvalue weighted by Gasteiger charge is -2.11. The quantitative estimate of drug-likeness (QED) is 0.831. The fourth-order valence-electron chi connectivity index (χ4n) is 2.33. The maximum Gasteiger partial charge on any atom is 0.224 e. The number of rotatable bonds is 4. The van der Waals surface area contributed by atoms with Gasteiger partial charge in [0.15, 0.2) is 0 Å². The maximum absolute atomic E-state index is 11.8. The van der Waals surface area contributed by atoms with Crippen LogP contribution >= 0.6 is 24.8 Å². The van der Waals surface area contributed by atoms with Gasteiger partial charge in [0.1, 0.15) is 0 Å². The molecule has 1 aromatic carbocycles. The van der Waals surface area contributed by atoms with Crippen molar-refractivity contribution in [1.29, 1.82) is 0 Å². The predicted molar refractivity (Wildman–Crippen MR) is 87.7 cm³/mol. The lowest BCUT2D eigenvalue weighted by Crippen LogP contribution is -2.31. The number of likely N-dealkylation sites (tertiary alicyclic amines) is 1. The summed E-state index contributed by atoms with van der Waals surface area (Å²) in [5.41, 5.74) is 7.34. The molecule has 4 nitrogen and oxygen atoms in total. The van der Waals surface area contributed by atoms with Crippen LogP contribution < -0.4 is 11.1 Å². The van der Waals surface area contributed by atoms with Gasteiger partial charge in [-0.1, -0.05) is 12.1 Å². The van der Waals surface area contributed by atoms with Gasteiger partial charge in [0.25, 0.3) is 0 Å². The molecule has 0 bridgehead atoms. The van der Waals surface area contributed by atoms with Crippen molar-refractivity contribution in [2.45, 2.75) is 12.8 Å². The molecule has 1 aliphatic rings. The standard InChI is InChI=1S/C14H21N3O.2ClH/c1-17-7-6-12(10-17)9-16-14(18)8-11-2-4-13(15)5-3-11;;/h2-5,12H,6-10,15H2,1H3,(H,16,18);2*1H. The van der Waals surface area contributed by atoms with Crippen LogP contribution in [-0.2, 0) is 11.2 Å². The van der Waals surface area contributed by atoms with Gasteiger partial charge in [-0.25, -0.2) is 0 Å². The Morgan fingerprint density at radius 2 is 2.00 bits per heavy atom. The van der Waals surface area contributed by atoms with Gasteiger partial charge in [-0.2, -0.15) is 0 Å². The van der Waals surface area contributed by atoms with E-state index < -0.39 is 0 Å². The minimum Gasteiger partial charge on any atom is -0.399 e. The van der Waals surface area contributed by atoms with Crippen LogP contribution in [0.3, 0.4) is 0 Å². The summed E-state index contributed by atoms with van der Waals surface area (Å²) in [6.07, 6.45) is 1.61. The number of nitrogen functional groups attached to an aromatic ring is 1. The van der Waals surface area contributed by atoms with Gasteiger partial charge < -0.3 is 16.0 Å². The Kier molecular flexibility index (Phi) is 8.62. The Bertz CT molecular complexity index is 411. The summed E-state index contributed by atoms with van der Waals surface area (Å²) >= 11 is 0. The molecular weight excluding hydrogens is 297 g/mol. The van der Waals surface area contributed by atoms with Gasteiger partial charge in [-0.15, -0.1) is 24.8 Å². The van der Waals surface area contributed by atoms with Crippen LogP contribution in [0.1, 0.15) is 12.0 Å². The van der Waals surface area contributed by atoms with Crippen molar-refractivity contribution in [3.63, 3.8) is 0 Å². The van der Waals surface area contributed by atoms with Crippen molar-refractivity contribution >= 4 is 36.4 Å². The first kappa shape index (κ1) is 19.0. The Balaban J connectivity index is 0.00000180. The Labute approximate surface area is 132 Å². The van der Waals surface area contributed by atoms with Crippen LogP contribution in [0.15, 0.2) is 24.3 Å². The largest absolute Gasteiger partial charge is 0.399 e. The first-order valence-corrected chi connectivity index (χ1v) is 6.43. The smallest absolute Gasteiger partial charge is 0.224 e. The van der Waals surface area contributed by atoms with E-state index in [2.05, 4.69) is 17.3 Å². The monoisotopic (exact) mass is 319 g/mol. The number of benzene rings is 1. The normalized spacial score (nSPS) is 17.9. The minimum atomic E-state index is 0. The van der Waals surface area contributed by atoms with Crippen LogP contribution in [0.25, 0.3) is 0 Å². The third-order valence-corrected chi connectivity index (χ3v) is 3.42. The van der Waals surface area contributed by atoms with E-state index in [-0.39, 0.29) is 30.7 Å². The molecule has 0 radical (unpaired) electrons. The fraction of sp³-hybridized carbons (Fsp3) is 0.500. The molecule has 0 aromatic heterocycles. The van der Waals surface area contributed by atoms with Gasteiger partial charge in [0, 0.05) is 18.8 Å². The second-order valence-electron chi connectivity index (χ2n) is 5.14. The first-order valence-electron chi connectivity index (χ1n) is 6.43. The van der Waals surface area contributed by atoms with Crippen LogP contribution in [0.4, 0.5) is 5.69 Å². The van der Waals surface area contributed by atoms with Crippen LogP contribution in [0.2, 0.25) is 0 Å². The zero-order valence-electron chi connectivity index (χ0n) is 11.7. The van der Waals surface area contributed by atoms with Gasteiger partial charge in [-0.05, 0) is 43.6 Å². The van der Waals surface area contributed by atoms with Gasteiger partial charge >= 0.3 is 0 Å². The van der Waals surface area contributed by atoms with E-state index >= 15 is 0 Å². The summed E-state index contributed by atoms with van der Waals surface area (Å²) in [7, 11) is 2.12. The molecule has 114 valence electrons. The van der Waals surface area contributed by atoms with Crippen molar-refractivity contribution in [1.82, 2.24) is 10.2 Å². The molecule has 1 fully saturated rings. The zero-order valence-corrected chi connectivity index (χ0v) is 13.3. The number of carbonyl (C=O) groups is 1. The van der Waals surface area contributed by atoms with E-state index in [1.165, 1.54) is 6.42 Å². The Morgan fingerprint density at radius 1 is 1.35 bits per heavy atom. The topological polar surface area (TPSA) is 58.4 Å². The number of halogens is 2. The molecule has 20 heavy (non-hydrogen) atoms. The number of hydrogen-bond acceptors (Lipinski definition) is 3. The van der Waals surface area contributed by atoms with E-state index in [0.717, 1.165) is 30.9 Å². The molecule has 0 saturated carbocycles. The molecule has 1 atom stereocenters. The van der Waals surface area contributed by atoms with Gasteiger partial charge in [-0.3, -0.25) is 4.79 Å². The highest BCUT2D eigenvalue weighted by molar-refractivity contribution is 5.85. The number of amides is 1. The number of nitrogens with two attached hydrogens (primary N) is 1. The molecule has 1 aliphatic heterocycles.